The number of ether oxygens (including phenoxy) is 1. The van der Waals surface area contributed by atoms with Crippen molar-refractivity contribution >= 4 is 28.6 Å². The lowest BCUT2D eigenvalue weighted by Gasteiger charge is -2.08. The first-order chi connectivity index (χ1) is 9.36. The zero-order valence-corrected chi connectivity index (χ0v) is 11.4. The summed E-state index contributed by atoms with van der Waals surface area (Å²) in [4.78, 5) is 6.82. The summed E-state index contributed by atoms with van der Waals surface area (Å²) in [7, 11) is 1.68. The fraction of sp³-hybridized carbons (Fsp3) is 0.0625. The predicted molar refractivity (Wildman–Crippen MR) is 81.4 cm³/mol. The van der Waals surface area contributed by atoms with Crippen LogP contribution in [0.2, 0.25) is 0 Å². The highest BCUT2D eigenvalue weighted by atomic mass is 32.2. The summed E-state index contributed by atoms with van der Waals surface area (Å²) in [6.07, 6.45) is 3.91. The van der Waals surface area contributed by atoms with Crippen LogP contribution in [0.4, 0.5) is 5.69 Å². The normalized spacial score (nSPS) is 13.4. The molecule has 2 aromatic carbocycles. The molecule has 0 fully saturated rings. The van der Waals surface area contributed by atoms with Crippen LogP contribution in [-0.4, -0.2) is 13.3 Å². The van der Waals surface area contributed by atoms with Gasteiger partial charge in [-0.2, -0.15) is 0 Å². The molecule has 3 heteroatoms. The zero-order chi connectivity index (χ0) is 13.1. The van der Waals surface area contributed by atoms with Crippen LogP contribution >= 0.6 is 11.8 Å². The number of para-hydroxylation sites is 1. The third-order valence-electron chi connectivity index (χ3n) is 2.90. The lowest BCUT2D eigenvalue weighted by molar-refractivity contribution is 0.415. The van der Waals surface area contributed by atoms with Crippen LogP contribution in [0.5, 0.6) is 5.75 Å². The van der Waals surface area contributed by atoms with Crippen LogP contribution in [0.25, 0.3) is 4.91 Å². The minimum atomic E-state index is 0.872. The summed E-state index contributed by atoms with van der Waals surface area (Å²) < 4.78 is 5.18. The number of benzene rings is 2. The first-order valence-corrected chi connectivity index (χ1v) is 6.84. The Morgan fingerprint density at radius 3 is 2.58 bits per heavy atom. The Morgan fingerprint density at radius 1 is 1.00 bits per heavy atom. The van der Waals surface area contributed by atoms with Crippen molar-refractivity contribution in [2.24, 2.45) is 4.99 Å². The topological polar surface area (TPSA) is 21.6 Å². The molecule has 0 saturated carbocycles. The van der Waals surface area contributed by atoms with Gasteiger partial charge in [-0.05, 0) is 35.9 Å². The molecule has 0 unspecified atom stereocenters. The first kappa shape index (κ1) is 12.1. The maximum Gasteiger partial charge on any atom is 0.118 e. The Balaban J connectivity index is 1.94. The lowest BCUT2D eigenvalue weighted by Crippen LogP contribution is -1.84. The fourth-order valence-corrected chi connectivity index (χ4v) is 2.89. The molecule has 1 aliphatic rings. The van der Waals surface area contributed by atoms with Gasteiger partial charge in [0.05, 0.1) is 12.8 Å². The number of methoxy groups -OCH3 is 1. The molecule has 0 bridgehead atoms. The minimum absolute atomic E-state index is 0.872. The molecule has 2 aromatic rings. The van der Waals surface area contributed by atoms with Gasteiger partial charge in [-0.25, -0.2) is 0 Å². The zero-order valence-electron chi connectivity index (χ0n) is 10.5. The van der Waals surface area contributed by atoms with Crippen LogP contribution in [0, 0.1) is 0 Å². The summed E-state index contributed by atoms with van der Waals surface area (Å²) in [5.74, 6) is 0.872. The van der Waals surface area contributed by atoms with E-state index >= 15 is 0 Å². The fourth-order valence-electron chi connectivity index (χ4n) is 1.90. The van der Waals surface area contributed by atoms with Crippen molar-refractivity contribution in [3.63, 3.8) is 0 Å². The number of aliphatic imine (C=N–C) groups is 1. The molecule has 0 amide bonds. The highest BCUT2D eigenvalue weighted by Crippen LogP contribution is 2.40. The lowest BCUT2D eigenvalue weighted by atomic mass is 10.2. The molecule has 0 aliphatic carbocycles. The van der Waals surface area contributed by atoms with Crippen molar-refractivity contribution in [1.82, 2.24) is 0 Å². The Bertz CT molecular complexity index is 644. The molecule has 1 heterocycles. The molecule has 2 nitrogen and oxygen atoms in total. The number of hydrogen-bond acceptors (Lipinski definition) is 3. The Labute approximate surface area is 116 Å². The van der Waals surface area contributed by atoms with Gasteiger partial charge < -0.3 is 4.74 Å². The quantitative estimate of drug-likeness (QED) is 0.796. The molecule has 0 saturated heterocycles. The van der Waals surface area contributed by atoms with Gasteiger partial charge in [0.15, 0.2) is 0 Å². The highest BCUT2D eigenvalue weighted by molar-refractivity contribution is 8.08. The van der Waals surface area contributed by atoms with Crippen LogP contribution in [-0.2, 0) is 0 Å². The minimum Gasteiger partial charge on any atom is -0.497 e. The Kier molecular flexibility index (Phi) is 3.38. The monoisotopic (exact) mass is 267 g/mol. The van der Waals surface area contributed by atoms with E-state index in [4.69, 9.17) is 4.74 Å². The first-order valence-electron chi connectivity index (χ1n) is 6.02. The maximum absolute atomic E-state index is 5.18. The van der Waals surface area contributed by atoms with Gasteiger partial charge in [0.25, 0.3) is 0 Å². The second-order valence-corrected chi connectivity index (χ2v) is 5.19. The molecular weight excluding hydrogens is 254 g/mol. The van der Waals surface area contributed by atoms with E-state index in [1.807, 2.05) is 42.6 Å². The predicted octanol–water partition coefficient (Wildman–Crippen LogP) is 4.54. The average molecular weight is 267 g/mol. The molecule has 19 heavy (non-hydrogen) atoms. The molecular formula is C16H13NOS. The maximum atomic E-state index is 5.18. The largest absolute Gasteiger partial charge is 0.497 e. The van der Waals surface area contributed by atoms with Gasteiger partial charge in [0.2, 0.25) is 0 Å². The average Bonchev–Trinajstić information content (AvgIpc) is 2.69. The van der Waals surface area contributed by atoms with E-state index in [1.165, 1.54) is 15.4 Å². The van der Waals surface area contributed by atoms with E-state index in [0.29, 0.717) is 0 Å². The number of thioether (sulfide) groups is 1. The third-order valence-corrected chi connectivity index (χ3v) is 4.06. The molecule has 0 atom stereocenters. The van der Waals surface area contributed by atoms with Crippen LogP contribution < -0.4 is 4.74 Å². The molecule has 1 aliphatic heterocycles. The summed E-state index contributed by atoms with van der Waals surface area (Å²) in [5.41, 5.74) is 2.20. The van der Waals surface area contributed by atoms with Crippen molar-refractivity contribution in [1.29, 1.82) is 0 Å². The number of rotatable bonds is 2. The number of hydrogen-bond donors (Lipinski definition) is 0. The van der Waals surface area contributed by atoms with E-state index in [0.717, 1.165) is 11.4 Å². The van der Waals surface area contributed by atoms with Gasteiger partial charge in [-0.3, -0.25) is 4.99 Å². The Hall–Kier alpha value is -2.00. The van der Waals surface area contributed by atoms with E-state index in [2.05, 4.69) is 23.2 Å². The van der Waals surface area contributed by atoms with Gasteiger partial charge >= 0.3 is 0 Å². The molecule has 0 spiro atoms. The van der Waals surface area contributed by atoms with Gasteiger partial charge in [-0.15, -0.1) is 0 Å². The van der Waals surface area contributed by atoms with E-state index in [9.17, 15) is 0 Å². The van der Waals surface area contributed by atoms with E-state index in [1.54, 1.807) is 18.9 Å². The van der Waals surface area contributed by atoms with Crippen LogP contribution in [0.3, 0.4) is 0 Å². The van der Waals surface area contributed by atoms with Gasteiger partial charge in [-0.1, -0.05) is 36.0 Å². The SMILES string of the molecule is COc1ccc(C2=CC=Nc3ccccc3S2)cc1. The van der Waals surface area contributed by atoms with Crippen LogP contribution in [0.1, 0.15) is 5.56 Å². The van der Waals surface area contributed by atoms with Crippen LogP contribution in [0.15, 0.2) is 64.5 Å². The Morgan fingerprint density at radius 2 is 1.79 bits per heavy atom. The van der Waals surface area contributed by atoms with Gasteiger partial charge in [0.1, 0.15) is 5.75 Å². The van der Waals surface area contributed by atoms with Crippen molar-refractivity contribution < 1.29 is 4.74 Å². The molecule has 3 rings (SSSR count). The second kappa shape index (κ2) is 5.33. The molecule has 94 valence electrons. The van der Waals surface area contributed by atoms with Gasteiger partial charge in [0, 0.05) is 16.0 Å². The van der Waals surface area contributed by atoms with Crippen molar-refractivity contribution in [3.05, 3.63) is 60.2 Å². The molecule has 0 radical (unpaired) electrons. The summed E-state index contributed by atoms with van der Waals surface area (Å²) in [6, 6.07) is 16.3. The third kappa shape index (κ3) is 2.56. The number of fused-ring (bicyclic) bond motifs is 1. The summed E-state index contributed by atoms with van der Waals surface area (Å²) >= 11 is 1.74. The number of allylic oxidation sites excluding steroid dienone is 1. The van der Waals surface area contributed by atoms with Crippen molar-refractivity contribution in [2.75, 3.05) is 7.11 Å². The summed E-state index contributed by atoms with van der Waals surface area (Å²) in [5, 5.41) is 0. The number of nitrogens with zero attached hydrogens (tertiary/aromatic N) is 1. The second-order valence-electron chi connectivity index (χ2n) is 4.11. The smallest absolute Gasteiger partial charge is 0.118 e. The summed E-state index contributed by atoms with van der Waals surface area (Å²) in [6.45, 7) is 0. The molecule has 0 N–H and O–H groups in total. The van der Waals surface area contributed by atoms with E-state index < -0.39 is 0 Å². The standard InChI is InChI=1S/C16H13NOS/c1-18-13-8-6-12(7-9-13)15-10-11-17-14-4-2-3-5-16(14)19-15/h2-11H,1H3. The van der Waals surface area contributed by atoms with E-state index in [-0.39, 0.29) is 0 Å². The molecule has 0 aromatic heterocycles. The highest BCUT2D eigenvalue weighted by Gasteiger charge is 2.09. The van der Waals surface area contributed by atoms with Crippen molar-refractivity contribution in [2.45, 2.75) is 4.90 Å². The van der Waals surface area contributed by atoms with Crippen molar-refractivity contribution in [3.8, 4) is 5.75 Å².